The Bertz CT molecular complexity index is 2040. The zero-order valence-corrected chi connectivity index (χ0v) is 20.6. The third-order valence-electron chi connectivity index (χ3n) is 6.90. The molecule has 6 rings (SSSR count). The van der Waals surface area contributed by atoms with E-state index >= 15 is 0 Å². The first-order chi connectivity index (χ1) is 19.1. The van der Waals surface area contributed by atoms with Crippen LogP contribution in [0.4, 0.5) is 0 Å². The summed E-state index contributed by atoms with van der Waals surface area (Å²) < 4.78 is 2.03. The van der Waals surface area contributed by atoms with Gasteiger partial charge in [-0.1, -0.05) is 48.5 Å². The maximum absolute atomic E-state index is 10.2. The molecule has 0 aliphatic heterocycles. The zero-order valence-electron chi connectivity index (χ0n) is 20.6. The summed E-state index contributed by atoms with van der Waals surface area (Å²) in [6.45, 7) is 0. The van der Waals surface area contributed by atoms with E-state index in [0.29, 0.717) is 22.3 Å². The molecule has 5 aromatic carbocycles. The molecule has 0 spiro atoms. The highest BCUT2D eigenvalue weighted by molar-refractivity contribution is 6.10. The minimum Gasteiger partial charge on any atom is -0.309 e. The van der Waals surface area contributed by atoms with Crippen LogP contribution in [0.5, 0.6) is 0 Å². The monoisotopic (exact) mass is 495 g/mol. The third-order valence-corrected chi connectivity index (χ3v) is 6.90. The van der Waals surface area contributed by atoms with Gasteiger partial charge in [-0.05, 0) is 65.7 Å². The van der Waals surface area contributed by atoms with Gasteiger partial charge in [-0.3, -0.25) is 0 Å². The quantitative estimate of drug-likeness (QED) is 0.252. The molecular formula is C34H17N5. The van der Waals surface area contributed by atoms with Crippen LogP contribution in [-0.2, 0) is 0 Å². The zero-order chi connectivity index (χ0) is 26.9. The molecular weight excluding hydrogens is 478 g/mol. The van der Waals surface area contributed by atoms with E-state index in [9.17, 15) is 21.0 Å². The van der Waals surface area contributed by atoms with Crippen molar-refractivity contribution in [3.8, 4) is 52.2 Å². The number of fused-ring (bicyclic) bond motifs is 3. The first-order valence-corrected chi connectivity index (χ1v) is 12.2. The SMILES string of the molecule is N#Cc1cc(-c2cccc(-c3ccccc3)c2C#N)cc(-n2c3ccc(C#N)cc3c3cc(C#N)ccc32)c1. The minimum absolute atomic E-state index is 0.453. The molecule has 0 aliphatic carbocycles. The Balaban J connectivity index is 1.65. The highest BCUT2D eigenvalue weighted by Gasteiger charge is 2.17. The van der Waals surface area contributed by atoms with E-state index in [2.05, 4.69) is 24.3 Å². The maximum atomic E-state index is 10.2. The van der Waals surface area contributed by atoms with Crippen LogP contribution in [0, 0.1) is 45.3 Å². The van der Waals surface area contributed by atoms with Gasteiger partial charge in [-0.25, -0.2) is 0 Å². The Morgan fingerprint density at radius 1 is 0.462 bits per heavy atom. The molecule has 0 fully saturated rings. The van der Waals surface area contributed by atoms with Crippen LogP contribution in [0.25, 0.3) is 49.7 Å². The molecule has 0 aliphatic rings. The second-order valence-corrected chi connectivity index (χ2v) is 9.11. The summed E-state index contributed by atoms with van der Waals surface area (Å²) in [7, 11) is 0. The normalized spacial score (nSPS) is 10.5. The number of nitrogens with zero attached hydrogens (tertiary/aromatic N) is 5. The molecule has 1 aromatic heterocycles. The van der Waals surface area contributed by atoms with E-state index in [-0.39, 0.29) is 0 Å². The molecule has 0 saturated heterocycles. The van der Waals surface area contributed by atoms with Crippen molar-refractivity contribution in [3.63, 3.8) is 0 Å². The fraction of sp³-hybridized carbons (Fsp3) is 0. The highest BCUT2D eigenvalue weighted by atomic mass is 15.0. The standard InChI is InChI=1S/C34H17N5/c35-18-22-9-11-33-30(15-22)31-16-23(19-36)10-12-34(31)39(33)27-14-24(20-37)13-26(17-27)29-8-4-7-28(32(29)21-38)25-5-2-1-3-6-25/h1-17H. The number of hydrogen-bond donors (Lipinski definition) is 0. The topological polar surface area (TPSA) is 100 Å². The van der Waals surface area contributed by atoms with Gasteiger partial charge < -0.3 is 4.57 Å². The molecule has 0 amide bonds. The van der Waals surface area contributed by atoms with E-state index in [1.54, 1.807) is 18.2 Å². The average molecular weight is 496 g/mol. The van der Waals surface area contributed by atoms with E-state index in [1.807, 2.05) is 89.5 Å². The largest absolute Gasteiger partial charge is 0.309 e. The molecule has 0 bridgehead atoms. The van der Waals surface area contributed by atoms with Gasteiger partial charge in [0.1, 0.15) is 6.07 Å². The lowest BCUT2D eigenvalue weighted by molar-refractivity contribution is 1.18. The number of benzene rings is 5. The molecule has 39 heavy (non-hydrogen) atoms. The van der Waals surface area contributed by atoms with Crippen molar-refractivity contribution in [1.82, 2.24) is 4.57 Å². The predicted octanol–water partition coefficient (Wildman–Crippen LogP) is 7.60. The molecule has 178 valence electrons. The van der Waals surface area contributed by atoms with Gasteiger partial charge in [0.25, 0.3) is 0 Å². The van der Waals surface area contributed by atoms with Crippen LogP contribution in [0.1, 0.15) is 22.3 Å². The minimum atomic E-state index is 0.453. The Morgan fingerprint density at radius 2 is 1.05 bits per heavy atom. The van der Waals surface area contributed by atoms with Gasteiger partial charge >= 0.3 is 0 Å². The lowest BCUT2D eigenvalue weighted by Gasteiger charge is -2.14. The van der Waals surface area contributed by atoms with E-state index in [4.69, 9.17) is 0 Å². The number of aromatic nitrogens is 1. The van der Waals surface area contributed by atoms with Gasteiger partial charge in [-0.2, -0.15) is 21.0 Å². The van der Waals surface area contributed by atoms with Crippen LogP contribution >= 0.6 is 0 Å². The number of rotatable bonds is 3. The fourth-order valence-corrected chi connectivity index (χ4v) is 5.17. The second kappa shape index (κ2) is 9.38. The number of nitriles is 4. The Morgan fingerprint density at radius 3 is 1.62 bits per heavy atom. The summed E-state index contributed by atoms with van der Waals surface area (Å²) in [6.07, 6.45) is 0. The van der Waals surface area contributed by atoms with E-state index < -0.39 is 0 Å². The van der Waals surface area contributed by atoms with Gasteiger partial charge in [0, 0.05) is 27.6 Å². The van der Waals surface area contributed by atoms with Crippen LogP contribution < -0.4 is 0 Å². The molecule has 6 aromatic rings. The highest BCUT2D eigenvalue weighted by Crippen LogP contribution is 2.37. The lowest BCUT2D eigenvalue weighted by atomic mass is 9.91. The predicted molar refractivity (Wildman–Crippen MR) is 151 cm³/mol. The van der Waals surface area contributed by atoms with Crippen LogP contribution in [-0.4, -0.2) is 4.57 Å². The van der Waals surface area contributed by atoms with Gasteiger partial charge in [0.2, 0.25) is 0 Å². The van der Waals surface area contributed by atoms with Crippen molar-refractivity contribution < 1.29 is 0 Å². The molecule has 5 nitrogen and oxygen atoms in total. The molecule has 0 atom stereocenters. The van der Waals surface area contributed by atoms with Gasteiger partial charge in [0.05, 0.1) is 51.5 Å². The van der Waals surface area contributed by atoms with Crippen molar-refractivity contribution >= 4 is 21.8 Å². The summed E-state index contributed by atoms with van der Waals surface area (Å²) in [4.78, 5) is 0. The van der Waals surface area contributed by atoms with Gasteiger partial charge in [-0.15, -0.1) is 0 Å². The summed E-state index contributed by atoms with van der Waals surface area (Å²) in [5.74, 6) is 0. The van der Waals surface area contributed by atoms with Crippen LogP contribution in [0.3, 0.4) is 0 Å². The van der Waals surface area contributed by atoms with Crippen LogP contribution in [0.2, 0.25) is 0 Å². The molecule has 0 N–H and O–H groups in total. The van der Waals surface area contributed by atoms with Crippen molar-refractivity contribution in [2.75, 3.05) is 0 Å². The molecule has 0 unspecified atom stereocenters. The van der Waals surface area contributed by atoms with Crippen molar-refractivity contribution in [3.05, 3.63) is 125 Å². The van der Waals surface area contributed by atoms with E-state index in [0.717, 1.165) is 49.7 Å². The Hall–Kier alpha value is -6.14. The molecule has 5 heteroatoms. The smallest absolute Gasteiger partial charge is 0.100 e. The number of hydrogen-bond acceptors (Lipinski definition) is 4. The van der Waals surface area contributed by atoms with Crippen molar-refractivity contribution in [1.29, 1.82) is 21.0 Å². The van der Waals surface area contributed by atoms with Crippen molar-refractivity contribution in [2.24, 2.45) is 0 Å². The second-order valence-electron chi connectivity index (χ2n) is 9.11. The fourth-order valence-electron chi connectivity index (χ4n) is 5.17. The molecule has 0 saturated carbocycles. The van der Waals surface area contributed by atoms with Crippen LogP contribution in [0.15, 0.2) is 103 Å². The van der Waals surface area contributed by atoms with Crippen molar-refractivity contribution in [2.45, 2.75) is 0 Å². The van der Waals surface area contributed by atoms with E-state index in [1.165, 1.54) is 0 Å². The molecule has 0 radical (unpaired) electrons. The Labute approximate surface area is 224 Å². The summed E-state index contributed by atoms with van der Waals surface area (Å²) in [5.41, 5.74) is 7.70. The summed E-state index contributed by atoms with van der Waals surface area (Å²) in [6, 6.07) is 41.1. The third kappa shape index (κ3) is 3.85. The van der Waals surface area contributed by atoms with Gasteiger partial charge in [0.15, 0.2) is 0 Å². The lowest BCUT2D eigenvalue weighted by Crippen LogP contribution is -1.97. The first-order valence-electron chi connectivity index (χ1n) is 12.2. The molecule has 1 heterocycles. The summed E-state index contributed by atoms with van der Waals surface area (Å²) >= 11 is 0. The summed E-state index contributed by atoms with van der Waals surface area (Å²) in [5, 5.41) is 40.9. The maximum Gasteiger partial charge on any atom is 0.100 e. The Kier molecular flexibility index (Phi) is 5.60. The first kappa shape index (κ1) is 23.3. The average Bonchev–Trinajstić information content (AvgIpc) is 3.33.